The first kappa shape index (κ1) is 25.7. The lowest BCUT2D eigenvalue weighted by atomic mass is 9.92. The number of aromatic nitrogens is 3. The van der Waals surface area contributed by atoms with E-state index in [0.29, 0.717) is 41.3 Å². The van der Waals surface area contributed by atoms with Gasteiger partial charge in [-0.05, 0) is 70.4 Å². The van der Waals surface area contributed by atoms with Gasteiger partial charge in [0, 0.05) is 25.2 Å². The molecule has 1 saturated heterocycles. The smallest absolute Gasteiger partial charge is 0.416 e. The lowest BCUT2D eigenvalue weighted by molar-refractivity contribution is -0.138. The van der Waals surface area contributed by atoms with Gasteiger partial charge in [0.05, 0.1) is 17.0 Å². The van der Waals surface area contributed by atoms with Gasteiger partial charge in [0.15, 0.2) is 5.65 Å². The van der Waals surface area contributed by atoms with Crippen molar-refractivity contribution in [3.63, 3.8) is 0 Å². The fourth-order valence-electron chi connectivity index (χ4n) is 4.35. The topological polar surface area (TPSA) is 80.2 Å². The first-order valence-corrected chi connectivity index (χ1v) is 11.8. The van der Waals surface area contributed by atoms with Crippen molar-refractivity contribution < 1.29 is 22.7 Å². The molecule has 1 atom stereocenters. The minimum Gasteiger partial charge on any atom is -0.444 e. The van der Waals surface area contributed by atoms with Gasteiger partial charge in [-0.3, -0.25) is 0 Å². The van der Waals surface area contributed by atoms with Crippen molar-refractivity contribution in [2.45, 2.75) is 65.3 Å². The number of nitrogens with zero attached hydrogens (tertiary/aromatic N) is 4. The number of amides is 1. The lowest BCUT2D eigenvalue weighted by Crippen LogP contribution is -2.50. The van der Waals surface area contributed by atoms with E-state index in [9.17, 15) is 18.0 Å². The van der Waals surface area contributed by atoms with Crippen LogP contribution >= 0.6 is 0 Å². The van der Waals surface area contributed by atoms with Gasteiger partial charge in [-0.2, -0.15) is 13.2 Å². The van der Waals surface area contributed by atoms with E-state index in [0.717, 1.165) is 11.6 Å². The summed E-state index contributed by atoms with van der Waals surface area (Å²) in [6, 6.07) is 5.68. The predicted molar refractivity (Wildman–Crippen MR) is 131 cm³/mol. The van der Waals surface area contributed by atoms with E-state index in [-0.39, 0.29) is 17.6 Å². The number of hydrogen-bond donors (Lipinski definition) is 1. The van der Waals surface area contributed by atoms with Crippen LogP contribution in [0.15, 0.2) is 30.5 Å². The fourth-order valence-corrected chi connectivity index (χ4v) is 4.35. The van der Waals surface area contributed by atoms with Gasteiger partial charge in [0.1, 0.15) is 17.2 Å². The summed E-state index contributed by atoms with van der Waals surface area (Å²) in [7, 11) is 0. The molecule has 0 aliphatic carbocycles. The number of ether oxygens (including phenoxy) is 1. The highest BCUT2D eigenvalue weighted by atomic mass is 19.4. The summed E-state index contributed by atoms with van der Waals surface area (Å²) < 4.78 is 45.7. The maximum Gasteiger partial charge on any atom is 0.416 e. The molecule has 0 saturated carbocycles. The SMILES string of the molecule is Cc1nc(N[C@H](C)c2cccc(C(F)(F)F)c2C)c2cc(C3CN(C(=O)OC(C)(C)C)C3)cnc2n1. The Morgan fingerprint density at radius 1 is 1.17 bits per heavy atom. The van der Waals surface area contributed by atoms with Crippen molar-refractivity contribution in [2.24, 2.45) is 0 Å². The summed E-state index contributed by atoms with van der Waals surface area (Å²) in [5.41, 5.74) is 0.921. The average Bonchev–Trinajstić information content (AvgIpc) is 2.70. The third kappa shape index (κ3) is 5.37. The highest BCUT2D eigenvalue weighted by molar-refractivity contribution is 5.87. The van der Waals surface area contributed by atoms with Crippen molar-refractivity contribution in [2.75, 3.05) is 18.4 Å². The molecular formula is C26H30F3N5O2. The summed E-state index contributed by atoms with van der Waals surface area (Å²) in [5.74, 6) is 1.09. The number of carbonyl (C=O) groups is 1. The molecule has 2 aromatic heterocycles. The number of benzene rings is 1. The Kier molecular flexibility index (Phi) is 6.57. The molecule has 10 heteroatoms. The molecule has 3 aromatic rings. The Hall–Kier alpha value is -3.43. The van der Waals surface area contributed by atoms with Gasteiger partial charge in [0.2, 0.25) is 0 Å². The molecule has 36 heavy (non-hydrogen) atoms. The van der Waals surface area contributed by atoms with Crippen LogP contribution in [0.4, 0.5) is 23.8 Å². The second-order valence-electron chi connectivity index (χ2n) is 10.2. The summed E-state index contributed by atoms with van der Waals surface area (Å²) in [6.45, 7) is 11.5. The molecule has 1 N–H and O–H groups in total. The Morgan fingerprint density at radius 3 is 2.50 bits per heavy atom. The number of hydrogen-bond acceptors (Lipinski definition) is 6. The summed E-state index contributed by atoms with van der Waals surface area (Å²) in [6.07, 6.45) is -3.03. The Labute approximate surface area is 208 Å². The quantitative estimate of drug-likeness (QED) is 0.461. The van der Waals surface area contributed by atoms with E-state index < -0.39 is 23.4 Å². The molecular weight excluding hydrogens is 471 g/mol. The first-order valence-electron chi connectivity index (χ1n) is 11.8. The van der Waals surface area contributed by atoms with E-state index >= 15 is 0 Å². The van der Waals surface area contributed by atoms with E-state index in [1.165, 1.54) is 13.0 Å². The van der Waals surface area contributed by atoms with E-state index in [1.54, 1.807) is 31.0 Å². The normalized spacial score (nSPS) is 15.5. The largest absolute Gasteiger partial charge is 0.444 e. The second kappa shape index (κ2) is 9.22. The van der Waals surface area contributed by atoms with Crippen LogP contribution in [0.1, 0.15) is 67.7 Å². The van der Waals surface area contributed by atoms with Gasteiger partial charge in [-0.1, -0.05) is 12.1 Å². The molecule has 3 heterocycles. The third-order valence-electron chi connectivity index (χ3n) is 6.19. The highest BCUT2D eigenvalue weighted by Crippen LogP contribution is 2.36. The van der Waals surface area contributed by atoms with Gasteiger partial charge >= 0.3 is 12.3 Å². The first-order chi connectivity index (χ1) is 16.7. The minimum absolute atomic E-state index is 0.0895. The van der Waals surface area contributed by atoms with Gasteiger partial charge in [0.25, 0.3) is 0 Å². The third-order valence-corrected chi connectivity index (χ3v) is 6.19. The van der Waals surface area contributed by atoms with Crippen LogP contribution in [0.2, 0.25) is 0 Å². The number of fused-ring (bicyclic) bond motifs is 1. The summed E-state index contributed by atoms with van der Waals surface area (Å²) in [5, 5.41) is 3.95. The number of rotatable bonds is 4. The molecule has 4 rings (SSSR count). The van der Waals surface area contributed by atoms with E-state index in [1.807, 2.05) is 26.8 Å². The molecule has 1 aromatic carbocycles. The maximum atomic E-state index is 13.4. The second-order valence-corrected chi connectivity index (χ2v) is 10.2. The number of nitrogens with one attached hydrogen (secondary N) is 1. The number of halogens is 3. The van der Waals surface area contributed by atoms with Crippen molar-refractivity contribution in [3.05, 3.63) is 58.5 Å². The van der Waals surface area contributed by atoms with Crippen LogP contribution in [0.5, 0.6) is 0 Å². The van der Waals surface area contributed by atoms with Crippen LogP contribution in [0, 0.1) is 13.8 Å². The number of carbonyl (C=O) groups excluding carboxylic acids is 1. The molecule has 1 amide bonds. The van der Waals surface area contributed by atoms with Crippen molar-refractivity contribution in [1.29, 1.82) is 0 Å². The highest BCUT2D eigenvalue weighted by Gasteiger charge is 2.35. The molecule has 0 unspecified atom stereocenters. The van der Waals surface area contributed by atoms with Crippen LogP contribution in [-0.2, 0) is 10.9 Å². The molecule has 7 nitrogen and oxygen atoms in total. The lowest BCUT2D eigenvalue weighted by Gasteiger charge is -2.39. The number of likely N-dealkylation sites (tertiary alicyclic amines) is 1. The molecule has 1 fully saturated rings. The standard InChI is InChI=1S/C26H30F3N5O2/c1-14-19(8-7-9-21(14)26(27,28)29)15(2)31-23-20-10-17(11-30-22(20)32-16(3)33-23)18-12-34(13-18)24(35)36-25(4,5)6/h7-11,15,18H,12-13H2,1-6H3,(H,30,31,32,33)/t15-/m1/s1. The zero-order valence-electron chi connectivity index (χ0n) is 21.2. The zero-order valence-corrected chi connectivity index (χ0v) is 21.2. The Morgan fingerprint density at radius 2 is 1.86 bits per heavy atom. The van der Waals surface area contributed by atoms with Crippen LogP contribution in [0.3, 0.4) is 0 Å². The predicted octanol–water partition coefficient (Wildman–Crippen LogP) is 6.17. The van der Waals surface area contributed by atoms with Crippen LogP contribution < -0.4 is 5.32 Å². The summed E-state index contributed by atoms with van der Waals surface area (Å²) >= 11 is 0. The fraction of sp³-hybridized carbons (Fsp3) is 0.462. The van der Waals surface area contributed by atoms with E-state index in [2.05, 4.69) is 20.3 Å². The number of alkyl halides is 3. The number of aryl methyl sites for hydroxylation is 1. The van der Waals surface area contributed by atoms with Gasteiger partial charge in [-0.25, -0.2) is 19.7 Å². The summed E-state index contributed by atoms with van der Waals surface area (Å²) in [4.78, 5) is 27.4. The van der Waals surface area contributed by atoms with Gasteiger partial charge in [-0.15, -0.1) is 0 Å². The average molecular weight is 502 g/mol. The number of pyridine rings is 1. The molecule has 0 radical (unpaired) electrons. The van der Waals surface area contributed by atoms with Crippen LogP contribution in [-0.4, -0.2) is 44.6 Å². The monoisotopic (exact) mass is 501 g/mol. The van der Waals surface area contributed by atoms with Crippen molar-refractivity contribution in [1.82, 2.24) is 19.9 Å². The zero-order chi connectivity index (χ0) is 26.4. The molecule has 0 spiro atoms. The molecule has 192 valence electrons. The molecule has 0 bridgehead atoms. The van der Waals surface area contributed by atoms with Crippen LogP contribution in [0.25, 0.3) is 11.0 Å². The Balaban J connectivity index is 1.58. The van der Waals surface area contributed by atoms with Crippen molar-refractivity contribution >= 4 is 22.9 Å². The van der Waals surface area contributed by atoms with Gasteiger partial charge < -0.3 is 15.0 Å². The van der Waals surface area contributed by atoms with E-state index in [4.69, 9.17) is 4.74 Å². The molecule has 1 aliphatic rings. The number of anilines is 1. The molecule has 1 aliphatic heterocycles. The maximum absolute atomic E-state index is 13.4. The Bertz CT molecular complexity index is 1300. The van der Waals surface area contributed by atoms with Crippen molar-refractivity contribution in [3.8, 4) is 0 Å². The minimum atomic E-state index is -4.42.